The summed E-state index contributed by atoms with van der Waals surface area (Å²) < 4.78 is 5.15. The molecule has 0 saturated heterocycles. The Morgan fingerprint density at radius 1 is 1.19 bits per heavy atom. The molecular formula is C13H12ClNO. The van der Waals surface area contributed by atoms with Crippen molar-refractivity contribution in [3.8, 4) is 11.1 Å². The molecule has 2 aromatic rings. The van der Waals surface area contributed by atoms with Gasteiger partial charge < -0.3 is 4.74 Å². The molecule has 0 amide bonds. The summed E-state index contributed by atoms with van der Waals surface area (Å²) in [6.07, 6.45) is 1.71. The maximum Gasteiger partial charge on any atom is 0.135 e. The van der Waals surface area contributed by atoms with Gasteiger partial charge in [-0.2, -0.15) is 0 Å². The summed E-state index contributed by atoms with van der Waals surface area (Å²) in [5.74, 6) is 0. The number of aromatic nitrogens is 1. The number of ether oxygens (including phenoxy) is 1. The predicted molar refractivity (Wildman–Crippen MR) is 65.4 cm³/mol. The van der Waals surface area contributed by atoms with E-state index in [-0.39, 0.29) is 0 Å². The van der Waals surface area contributed by atoms with E-state index in [9.17, 15) is 0 Å². The molecule has 1 aromatic heterocycles. The molecule has 2 nitrogen and oxygen atoms in total. The lowest BCUT2D eigenvalue weighted by atomic mass is 10.0. The third kappa shape index (κ3) is 2.23. The minimum Gasteiger partial charge on any atom is -0.380 e. The van der Waals surface area contributed by atoms with Crippen LogP contribution in [-0.4, -0.2) is 12.1 Å². The van der Waals surface area contributed by atoms with Crippen molar-refractivity contribution in [3.63, 3.8) is 0 Å². The average molecular weight is 234 g/mol. The molecule has 0 spiro atoms. The standard InChI is InChI=1S/C13H12ClNO/c1-16-9-12-11(7-8-15-13(12)14)10-5-3-2-4-6-10/h2-8H,9H2,1H3. The van der Waals surface area contributed by atoms with Crippen LogP contribution >= 0.6 is 11.6 Å². The topological polar surface area (TPSA) is 22.1 Å². The lowest BCUT2D eigenvalue weighted by molar-refractivity contribution is 0.185. The molecule has 0 N–H and O–H groups in total. The zero-order chi connectivity index (χ0) is 11.4. The number of methoxy groups -OCH3 is 1. The Labute approximate surface area is 99.9 Å². The van der Waals surface area contributed by atoms with Gasteiger partial charge in [0.25, 0.3) is 0 Å². The van der Waals surface area contributed by atoms with Gasteiger partial charge in [-0.25, -0.2) is 4.98 Å². The van der Waals surface area contributed by atoms with E-state index in [1.165, 1.54) is 0 Å². The fraction of sp³-hybridized carbons (Fsp3) is 0.154. The molecule has 0 aliphatic rings. The van der Waals surface area contributed by atoms with Crippen LogP contribution in [0.15, 0.2) is 42.6 Å². The van der Waals surface area contributed by atoms with Gasteiger partial charge in [0.15, 0.2) is 0 Å². The number of nitrogens with zero attached hydrogens (tertiary/aromatic N) is 1. The molecule has 3 heteroatoms. The molecule has 0 unspecified atom stereocenters. The summed E-state index contributed by atoms with van der Waals surface area (Å²) in [5, 5.41) is 0.503. The molecule has 1 aromatic carbocycles. The van der Waals surface area contributed by atoms with Gasteiger partial charge in [-0.15, -0.1) is 0 Å². The Bertz CT molecular complexity index is 471. The largest absolute Gasteiger partial charge is 0.380 e. The zero-order valence-electron chi connectivity index (χ0n) is 8.98. The van der Waals surface area contributed by atoms with Crippen LogP contribution in [0.5, 0.6) is 0 Å². The maximum absolute atomic E-state index is 6.07. The highest BCUT2D eigenvalue weighted by atomic mass is 35.5. The Hall–Kier alpha value is -1.38. The summed E-state index contributed by atoms with van der Waals surface area (Å²) in [7, 11) is 1.65. The van der Waals surface area contributed by atoms with E-state index in [0.29, 0.717) is 11.8 Å². The van der Waals surface area contributed by atoms with Crippen LogP contribution in [0.1, 0.15) is 5.56 Å². The van der Waals surface area contributed by atoms with Gasteiger partial charge in [-0.05, 0) is 17.2 Å². The number of rotatable bonds is 3. The van der Waals surface area contributed by atoms with E-state index in [2.05, 4.69) is 4.98 Å². The molecule has 0 aliphatic heterocycles. The number of hydrogen-bond acceptors (Lipinski definition) is 2. The van der Waals surface area contributed by atoms with Gasteiger partial charge in [-0.1, -0.05) is 41.9 Å². The van der Waals surface area contributed by atoms with Gasteiger partial charge in [-0.3, -0.25) is 0 Å². The van der Waals surface area contributed by atoms with E-state index < -0.39 is 0 Å². The molecule has 0 saturated carbocycles. The monoisotopic (exact) mass is 233 g/mol. The molecule has 2 rings (SSSR count). The average Bonchev–Trinajstić information content (AvgIpc) is 2.33. The quantitative estimate of drug-likeness (QED) is 0.757. The molecule has 0 bridgehead atoms. The van der Waals surface area contributed by atoms with Crippen LogP contribution in [0.25, 0.3) is 11.1 Å². The highest BCUT2D eigenvalue weighted by molar-refractivity contribution is 6.30. The summed E-state index contributed by atoms with van der Waals surface area (Å²) in [6, 6.07) is 12.0. The van der Waals surface area contributed by atoms with Crippen molar-refractivity contribution in [2.75, 3.05) is 7.11 Å². The fourth-order valence-electron chi connectivity index (χ4n) is 1.64. The van der Waals surface area contributed by atoms with Crippen LogP contribution < -0.4 is 0 Å². The third-order valence-electron chi connectivity index (χ3n) is 2.38. The Kier molecular flexibility index (Phi) is 3.54. The van der Waals surface area contributed by atoms with E-state index in [1.54, 1.807) is 13.3 Å². The minimum atomic E-state index is 0.469. The lowest BCUT2D eigenvalue weighted by Crippen LogP contribution is -1.95. The molecule has 0 atom stereocenters. The van der Waals surface area contributed by atoms with Gasteiger partial charge in [0, 0.05) is 18.9 Å². The fourth-order valence-corrected chi connectivity index (χ4v) is 1.85. The van der Waals surface area contributed by atoms with Crippen LogP contribution in [0.2, 0.25) is 5.15 Å². The van der Waals surface area contributed by atoms with Crippen molar-refractivity contribution < 1.29 is 4.74 Å². The number of benzene rings is 1. The number of hydrogen-bond donors (Lipinski definition) is 0. The molecular weight excluding hydrogens is 222 g/mol. The second-order valence-corrected chi connectivity index (χ2v) is 3.78. The zero-order valence-corrected chi connectivity index (χ0v) is 9.74. The number of halogens is 1. The van der Waals surface area contributed by atoms with Gasteiger partial charge >= 0.3 is 0 Å². The summed E-state index contributed by atoms with van der Waals surface area (Å²) in [6.45, 7) is 0.469. The lowest BCUT2D eigenvalue weighted by Gasteiger charge is -2.09. The highest BCUT2D eigenvalue weighted by Crippen LogP contribution is 2.27. The molecule has 82 valence electrons. The van der Waals surface area contributed by atoms with Crippen LogP contribution in [0.3, 0.4) is 0 Å². The van der Waals surface area contributed by atoms with Crippen LogP contribution in [0, 0.1) is 0 Å². The Balaban J connectivity index is 2.52. The summed E-state index contributed by atoms with van der Waals surface area (Å²) >= 11 is 6.07. The van der Waals surface area contributed by atoms with Gasteiger partial charge in [0.2, 0.25) is 0 Å². The SMILES string of the molecule is COCc1c(-c2ccccc2)ccnc1Cl. The Morgan fingerprint density at radius 2 is 1.94 bits per heavy atom. The second kappa shape index (κ2) is 5.10. The molecule has 1 heterocycles. The first-order valence-electron chi connectivity index (χ1n) is 5.00. The van der Waals surface area contributed by atoms with E-state index in [1.807, 2.05) is 36.4 Å². The second-order valence-electron chi connectivity index (χ2n) is 3.43. The van der Waals surface area contributed by atoms with Gasteiger partial charge in [0.1, 0.15) is 5.15 Å². The highest BCUT2D eigenvalue weighted by Gasteiger charge is 2.09. The normalized spacial score (nSPS) is 10.4. The predicted octanol–water partition coefficient (Wildman–Crippen LogP) is 3.55. The van der Waals surface area contributed by atoms with Crippen molar-refractivity contribution >= 4 is 11.6 Å². The molecule has 16 heavy (non-hydrogen) atoms. The van der Waals surface area contributed by atoms with Crippen molar-refractivity contribution in [2.24, 2.45) is 0 Å². The Morgan fingerprint density at radius 3 is 2.62 bits per heavy atom. The molecule has 0 fully saturated rings. The first kappa shape index (κ1) is 11.1. The van der Waals surface area contributed by atoms with Crippen molar-refractivity contribution in [3.05, 3.63) is 53.3 Å². The maximum atomic E-state index is 6.07. The van der Waals surface area contributed by atoms with E-state index >= 15 is 0 Å². The summed E-state index contributed by atoms with van der Waals surface area (Å²) in [5.41, 5.74) is 3.12. The first-order valence-corrected chi connectivity index (χ1v) is 5.38. The molecule has 0 radical (unpaired) electrons. The minimum absolute atomic E-state index is 0.469. The van der Waals surface area contributed by atoms with Crippen LogP contribution in [-0.2, 0) is 11.3 Å². The van der Waals surface area contributed by atoms with Crippen LogP contribution in [0.4, 0.5) is 0 Å². The van der Waals surface area contributed by atoms with Crippen molar-refractivity contribution in [2.45, 2.75) is 6.61 Å². The summed E-state index contributed by atoms with van der Waals surface area (Å²) in [4.78, 5) is 4.07. The van der Waals surface area contributed by atoms with E-state index in [4.69, 9.17) is 16.3 Å². The number of pyridine rings is 1. The van der Waals surface area contributed by atoms with Crippen molar-refractivity contribution in [1.82, 2.24) is 4.98 Å². The van der Waals surface area contributed by atoms with Gasteiger partial charge in [0.05, 0.1) is 6.61 Å². The van der Waals surface area contributed by atoms with Crippen molar-refractivity contribution in [1.29, 1.82) is 0 Å². The van der Waals surface area contributed by atoms with E-state index in [0.717, 1.165) is 16.7 Å². The smallest absolute Gasteiger partial charge is 0.135 e. The molecule has 0 aliphatic carbocycles. The first-order chi connectivity index (χ1) is 7.83. The third-order valence-corrected chi connectivity index (χ3v) is 2.70.